The number of nitrogens with zero attached hydrogens (tertiary/aromatic N) is 2. The van der Waals surface area contributed by atoms with Gasteiger partial charge < -0.3 is 15.4 Å². The summed E-state index contributed by atoms with van der Waals surface area (Å²) in [6.45, 7) is 2.60. The lowest BCUT2D eigenvalue weighted by Crippen LogP contribution is -2.43. The zero-order chi connectivity index (χ0) is 13.8. The summed E-state index contributed by atoms with van der Waals surface area (Å²) in [5.41, 5.74) is 0.398. The second kappa shape index (κ2) is 5.85. The van der Waals surface area contributed by atoms with Gasteiger partial charge in [-0.15, -0.1) is 0 Å². The van der Waals surface area contributed by atoms with Crippen LogP contribution in [0.1, 0.15) is 36.2 Å². The highest BCUT2D eigenvalue weighted by Gasteiger charge is 2.40. The predicted octanol–water partition coefficient (Wildman–Crippen LogP) is 0.508. The second-order valence-corrected chi connectivity index (χ2v) is 5.51. The van der Waals surface area contributed by atoms with Gasteiger partial charge in [0.2, 0.25) is 0 Å². The van der Waals surface area contributed by atoms with Gasteiger partial charge in [-0.05, 0) is 38.8 Å². The number of carbonyl (C=O) groups is 1. The number of hydrogen-bond donors (Lipinski definition) is 2. The Morgan fingerprint density at radius 3 is 3.00 bits per heavy atom. The van der Waals surface area contributed by atoms with Gasteiger partial charge in [-0.3, -0.25) is 9.78 Å². The predicted molar refractivity (Wildman–Crippen MR) is 73.3 cm³/mol. The maximum atomic E-state index is 11.9. The molecule has 0 saturated carbocycles. The SMILES string of the molecule is O=C(NC[C@H]1CCC2(CCNCC2)O1)c1cnccn1. The topological polar surface area (TPSA) is 76.1 Å². The van der Waals surface area contributed by atoms with Crippen LogP contribution in [-0.4, -0.2) is 47.2 Å². The molecule has 0 aromatic carbocycles. The first-order chi connectivity index (χ1) is 9.77. The molecule has 2 N–H and O–H groups in total. The van der Waals surface area contributed by atoms with E-state index in [2.05, 4.69) is 20.6 Å². The van der Waals surface area contributed by atoms with E-state index >= 15 is 0 Å². The highest BCUT2D eigenvalue weighted by Crippen LogP contribution is 2.36. The number of piperidine rings is 1. The highest BCUT2D eigenvalue weighted by atomic mass is 16.5. The first kappa shape index (κ1) is 13.5. The Morgan fingerprint density at radius 2 is 2.25 bits per heavy atom. The third kappa shape index (κ3) is 2.96. The molecule has 2 aliphatic rings. The van der Waals surface area contributed by atoms with Crippen LogP contribution in [0.5, 0.6) is 0 Å². The fourth-order valence-electron chi connectivity index (χ4n) is 3.00. The fraction of sp³-hybridized carbons (Fsp3) is 0.643. The van der Waals surface area contributed by atoms with E-state index in [1.165, 1.54) is 12.4 Å². The summed E-state index contributed by atoms with van der Waals surface area (Å²) in [6, 6.07) is 0. The molecule has 3 rings (SSSR count). The van der Waals surface area contributed by atoms with E-state index < -0.39 is 0 Å². The third-order valence-corrected chi connectivity index (χ3v) is 4.14. The standard InChI is InChI=1S/C14H20N4O2/c19-13(12-10-16-7-8-17-12)18-9-11-1-2-14(20-11)3-5-15-6-4-14/h7-8,10-11,15H,1-6,9H2,(H,18,19)/t11-/m1/s1. The van der Waals surface area contributed by atoms with Crippen molar-refractivity contribution in [3.8, 4) is 0 Å². The average molecular weight is 276 g/mol. The van der Waals surface area contributed by atoms with Crippen molar-refractivity contribution >= 4 is 5.91 Å². The van der Waals surface area contributed by atoms with Crippen LogP contribution in [0.3, 0.4) is 0 Å². The van der Waals surface area contributed by atoms with E-state index in [-0.39, 0.29) is 17.6 Å². The Bertz CT molecular complexity index is 460. The van der Waals surface area contributed by atoms with Gasteiger partial charge in [0.05, 0.1) is 17.9 Å². The molecule has 0 unspecified atom stereocenters. The molecule has 2 aliphatic heterocycles. The lowest BCUT2D eigenvalue weighted by atomic mass is 9.89. The number of carbonyl (C=O) groups excluding carboxylic acids is 1. The molecule has 3 heterocycles. The van der Waals surface area contributed by atoms with Crippen molar-refractivity contribution in [3.63, 3.8) is 0 Å². The number of nitrogens with one attached hydrogen (secondary N) is 2. The molecule has 6 heteroatoms. The quantitative estimate of drug-likeness (QED) is 0.841. The van der Waals surface area contributed by atoms with Crippen molar-refractivity contribution in [2.24, 2.45) is 0 Å². The molecule has 1 aromatic rings. The Hall–Kier alpha value is -1.53. The molecule has 20 heavy (non-hydrogen) atoms. The molecular weight excluding hydrogens is 256 g/mol. The summed E-state index contributed by atoms with van der Waals surface area (Å²) in [4.78, 5) is 19.8. The molecule has 2 saturated heterocycles. The Kier molecular flexibility index (Phi) is 3.93. The molecule has 1 amide bonds. The summed E-state index contributed by atoms with van der Waals surface area (Å²) >= 11 is 0. The van der Waals surface area contributed by atoms with E-state index in [0.29, 0.717) is 12.2 Å². The van der Waals surface area contributed by atoms with Crippen molar-refractivity contribution in [2.45, 2.75) is 37.4 Å². The van der Waals surface area contributed by atoms with Crippen molar-refractivity contribution in [3.05, 3.63) is 24.3 Å². The van der Waals surface area contributed by atoms with Gasteiger partial charge in [-0.25, -0.2) is 4.98 Å². The summed E-state index contributed by atoms with van der Waals surface area (Å²) in [6.07, 6.45) is 8.92. The van der Waals surface area contributed by atoms with Gasteiger partial charge in [0.1, 0.15) is 5.69 Å². The van der Waals surface area contributed by atoms with E-state index in [1.54, 1.807) is 6.20 Å². The average Bonchev–Trinajstić information content (AvgIpc) is 2.89. The van der Waals surface area contributed by atoms with Gasteiger partial charge in [0.15, 0.2) is 0 Å². The molecule has 108 valence electrons. The zero-order valence-corrected chi connectivity index (χ0v) is 11.5. The van der Waals surface area contributed by atoms with Crippen molar-refractivity contribution < 1.29 is 9.53 Å². The number of ether oxygens (including phenoxy) is 1. The Labute approximate surface area is 118 Å². The Morgan fingerprint density at radius 1 is 1.40 bits per heavy atom. The minimum absolute atomic E-state index is 0.0488. The summed E-state index contributed by atoms with van der Waals surface area (Å²) < 4.78 is 6.19. The van der Waals surface area contributed by atoms with Gasteiger partial charge in [0.25, 0.3) is 5.91 Å². The normalized spacial score (nSPS) is 24.7. The van der Waals surface area contributed by atoms with E-state index in [0.717, 1.165) is 38.8 Å². The Balaban J connectivity index is 1.49. The van der Waals surface area contributed by atoms with Crippen LogP contribution in [0.2, 0.25) is 0 Å². The molecule has 0 aliphatic carbocycles. The number of amides is 1. The van der Waals surface area contributed by atoms with Crippen LogP contribution in [-0.2, 0) is 4.74 Å². The molecule has 1 atom stereocenters. The van der Waals surface area contributed by atoms with Crippen LogP contribution in [0, 0.1) is 0 Å². The minimum Gasteiger partial charge on any atom is -0.370 e. The zero-order valence-electron chi connectivity index (χ0n) is 11.5. The molecule has 0 bridgehead atoms. The molecule has 1 aromatic heterocycles. The van der Waals surface area contributed by atoms with Crippen LogP contribution < -0.4 is 10.6 Å². The van der Waals surface area contributed by atoms with E-state index in [4.69, 9.17) is 4.74 Å². The van der Waals surface area contributed by atoms with Crippen LogP contribution >= 0.6 is 0 Å². The van der Waals surface area contributed by atoms with E-state index in [9.17, 15) is 4.79 Å². The maximum absolute atomic E-state index is 11.9. The number of rotatable bonds is 3. The summed E-state index contributed by atoms with van der Waals surface area (Å²) in [5.74, 6) is -0.187. The summed E-state index contributed by atoms with van der Waals surface area (Å²) in [5, 5.41) is 6.24. The molecule has 0 radical (unpaired) electrons. The summed E-state index contributed by atoms with van der Waals surface area (Å²) in [7, 11) is 0. The number of hydrogen-bond acceptors (Lipinski definition) is 5. The fourth-order valence-corrected chi connectivity index (χ4v) is 3.00. The second-order valence-electron chi connectivity index (χ2n) is 5.51. The molecule has 6 nitrogen and oxygen atoms in total. The maximum Gasteiger partial charge on any atom is 0.271 e. The molecule has 1 spiro atoms. The largest absolute Gasteiger partial charge is 0.370 e. The van der Waals surface area contributed by atoms with E-state index in [1.807, 2.05) is 0 Å². The monoisotopic (exact) mass is 276 g/mol. The first-order valence-electron chi connectivity index (χ1n) is 7.20. The third-order valence-electron chi connectivity index (χ3n) is 4.14. The molecule has 2 fully saturated rings. The van der Waals surface area contributed by atoms with Crippen molar-refractivity contribution in [1.82, 2.24) is 20.6 Å². The van der Waals surface area contributed by atoms with Crippen LogP contribution in [0.15, 0.2) is 18.6 Å². The van der Waals surface area contributed by atoms with Crippen molar-refractivity contribution in [2.75, 3.05) is 19.6 Å². The van der Waals surface area contributed by atoms with Crippen LogP contribution in [0.4, 0.5) is 0 Å². The van der Waals surface area contributed by atoms with Gasteiger partial charge in [-0.2, -0.15) is 0 Å². The van der Waals surface area contributed by atoms with Gasteiger partial charge in [-0.1, -0.05) is 0 Å². The minimum atomic E-state index is -0.187. The van der Waals surface area contributed by atoms with Crippen LogP contribution in [0.25, 0.3) is 0 Å². The van der Waals surface area contributed by atoms with Gasteiger partial charge >= 0.3 is 0 Å². The van der Waals surface area contributed by atoms with Crippen molar-refractivity contribution in [1.29, 1.82) is 0 Å². The first-order valence-corrected chi connectivity index (χ1v) is 7.20. The lowest BCUT2D eigenvalue weighted by molar-refractivity contribution is -0.0576. The van der Waals surface area contributed by atoms with Gasteiger partial charge in [0, 0.05) is 18.9 Å². The highest BCUT2D eigenvalue weighted by molar-refractivity contribution is 5.91. The lowest BCUT2D eigenvalue weighted by Gasteiger charge is -2.33. The smallest absolute Gasteiger partial charge is 0.271 e. The molecular formula is C14H20N4O2. The number of aromatic nitrogens is 2.